The first-order chi connectivity index (χ1) is 9.08. The Morgan fingerprint density at radius 1 is 1.11 bits per heavy atom. The number of nitrogens with two attached hydrogens (primary N) is 1. The quantitative estimate of drug-likeness (QED) is 0.845. The van der Waals surface area contributed by atoms with Crippen LogP contribution in [0.5, 0.6) is 0 Å². The van der Waals surface area contributed by atoms with E-state index in [0.717, 1.165) is 16.9 Å². The molecule has 0 fully saturated rings. The highest BCUT2D eigenvalue weighted by atomic mass is 32.2. The van der Waals surface area contributed by atoms with Gasteiger partial charge >= 0.3 is 0 Å². The van der Waals surface area contributed by atoms with Gasteiger partial charge in [-0.05, 0) is 48.7 Å². The molecule has 1 atom stereocenters. The Morgan fingerprint density at radius 3 is 2.53 bits per heavy atom. The maximum absolute atomic E-state index is 13.1. The molecule has 0 heterocycles. The molecule has 0 amide bonds. The summed E-state index contributed by atoms with van der Waals surface area (Å²) < 4.78 is 13.1. The zero-order chi connectivity index (χ0) is 13.8. The summed E-state index contributed by atoms with van der Waals surface area (Å²) in [5, 5.41) is 0. The highest BCUT2D eigenvalue weighted by Gasteiger charge is 2.10. The number of hydrogen-bond donors (Lipinski definition) is 1. The largest absolute Gasteiger partial charge is 0.323 e. The summed E-state index contributed by atoms with van der Waals surface area (Å²) in [6.45, 7) is 3.99. The fraction of sp³-hybridized carbons (Fsp3) is 0.250. The van der Waals surface area contributed by atoms with Crippen LogP contribution in [-0.2, 0) is 0 Å². The molecule has 0 aromatic heterocycles. The van der Waals surface area contributed by atoms with Crippen LogP contribution in [0.4, 0.5) is 4.39 Å². The van der Waals surface area contributed by atoms with E-state index < -0.39 is 0 Å². The van der Waals surface area contributed by atoms with Gasteiger partial charge in [0, 0.05) is 16.7 Å². The van der Waals surface area contributed by atoms with Crippen LogP contribution in [0.15, 0.2) is 47.4 Å². The van der Waals surface area contributed by atoms with Crippen LogP contribution in [0.2, 0.25) is 0 Å². The molecule has 0 radical (unpaired) electrons. The van der Waals surface area contributed by atoms with Crippen molar-refractivity contribution in [2.75, 3.05) is 5.75 Å². The fourth-order valence-corrected chi connectivity index (χ4v) is 3.05. The molecule has 19 heavy (non-hydrogen) atoms. The molecule has 3 heteroatoms. The van der Waals surface area contributed by atoms with Gasteiger partial charge < -0.3 is 5.73 Å². The molecular formula is C16H18FNS. The molecule has 1 unspecified atom stereocenters. The summed E-state index contributed by atoms with van der Waals surface area (Å²) in [5.41, 5.74) is 9.39. The minimum Gasteiger partial charge on any atom is -0.323 e. The second kappa shape index (κ2) is 6.22. The van der Waals surface area contributed by atoms with Gasteiger partial charge in [0.15, 0.2) is 0 Å². The Balaban J connectivity index is 2.05. The number of benzene rings is 2. The summed E-state index contributed by atoms with van der Waals surface area (Å²) in [4.78, 5) is 1.25. The summed E-state index contributed by atoms with van der Waals surface area (Å²) in [6.07, 6.45) is 0. The Bertz CT molecular complexity index is 568. The zero-order valence-corrected chi connectivity index (χ0v) is 12.0. The molecule has 0 spiro atoms. The van der Waals surface area contributed by atoms with E-state index in [4.69, 9.17) is 5.73 Å². The zero-order valence-electron chi connectivity index (χ0n) is 11.2. The van der Waals surface area contributed by atoms with Crippen molar-refractivity contribution in [2.45, 2.75) is 24.8 Å². The Labute approximate surface area is 118 Å². The Kier molecular flexibility index (Phi) is 4.61. The lowest BCUT2D eigenvalue weighted by atomic mass is 10.0. The third-order valence-corrected chi connectivity index (χ3v) is 4.44. The minimum atomic E-state index is -0.208. The summed E-state index contributed by atoms with van der Waals surface area (Å²) >= 11 is 1.74. The fourth-order valence-electron chi connectivity index (χ4n) is 2.04. The van der Waals surface area contributed by atoms with E-state index in [-0.39, 0.29) is 11.9 Å². The van der Waals surface area contributed by atoms with Crippen LogP contribution in [0.3, 0.4) is 0 Å². The molecule has 2 N–H and O–H groups in total. The maximum Gasteiger partial charge on any atom is 0.123 e. The van der Waals surface area contributed by atoms with Crippen LogP contribution in [0, 0.1) is 19.7 Å². The van der Waals surface area contributed by atoms with Gasteiger partial charge in [-0.1, -0.05) is 24.3 Å². The predicted molar refractivity (Wildman–Crippen MR) is 80.0 cm³/mol. The van der Waals surface area contributed by atoms with Crippen molar-refractivity contribution in [2.24, 2.45) is 5.73 Å². The number of halogens is 1. The van der Waals surface area contributed by atoms with Crippen LogP contribution in [-0.4, -0.2) is 5.75 Å². The third kappa shape index (κ3) is 3.58. The molecule has 100 valence electrons. The number of thioether (sulfide) groups is 1. The molecule has 0 saturated carbocycles. The van der Waals surface area contributed by atoms with Crippen molar-refractivity contribution in [3.8, 4) is 0 Å². The van der Waals surface area contributed by atoms with Crippen LogP contribution < -0.4 is 5.73 Å². The van der Waals surface area contributed by atoms with E-state index in [1.165, 1.54) is 22.6 Å². The molecule has 2 rings (SSSR count). The highest BCUT2D eigenvalue weighted by Crippen LogP contribution is 2.27. The van der Waals surface area contributed by atoms with E-state index >= 15 is 0 Å². The molecule has 1 nitrogen and oxygen atoms in total. The van der Waals surface area contributed by atoms with E-state index in [9.17, 15) is 4.39 Å². The number of rotatable bonds is 4. The lowest BCUT2D eigenvalue weighted by Gasteiger charge is -2.15. The third-order valence-electron chi connectivity index (χ3n) is 3.14. The molecule has 2 aromatic rings. The molecule has 0 aliphatic heterocycles. The van der Waals surface area contributed by atoms with E-state index in [0.29, 0.717) is 0 Å². The lowest BCUT2D eigenvalue weighted by molar-refractivity contribution is 0.624. The van der Waals surface area contributed by atoms with Crippen molar-refractivity contribution < 1.29 is 4.39 Å². The smallest absolute Gasteiger partial charge is 0.123 e. The van der Waals surface area contributed by atoms with E-state index in [1.807, 2.05) is 19.1 Å². The highest BCUT2D eigenvalue weighted by molar-refractivity contribution is 7.99. The SMILES string of the molecule is Cc1ccccc1SCC(N)c1ccc(F)cc1C. The van der Waals surface area contributed by atoms with E-state index in [2.05, 4.69) is 19.1 Å². The van der Waals surface area contributed by atoms with Gasteiger partial charge in [-0.15, -0.1) is 11.8 Å². The van der Waals surface area contributed by atoms with Crippen molar-refractivity contribution in [3.63, 3.8) is 0 Å². The standard InChI is InChI=1S/C16H18FNS/c1-11-5-3-4-6-16(11)19-10-15(18)14-8-7-13(17)9-12(14)2/h3-9,15H,10,18H2,1-2H3. The molecule has 2 aromatic carbocycles. The first-order valence-corrected chi connectivity index (χ1v) is 7.26. The van der Waals surface area contributed by atoms with Gasteiger partial charge in [0.1, 0.15) is 5.82 Å². The van der Waals surface area contributed by atoms with Gasteiger partial charge in [-0.25, -0.2) is 4.39 Å². The minimum absolute atomic E-state index is 0.0785. The van der Waals surface area contributed by atoms with Gasteiger partial charge in [0.2, 0.25) is 0 Å². The number of aryl methyl sites for hydroxylation is 2. The van der Waals surface area contributed by atoms with Gasteiger partial charge in [0.25, 0.3) is 0 Å². The Hall–Kier alpha value is -1.32. The van der Waals surface area contributed by atoms with Crippen LogP contribution >= 0.6 is 11.8 Å². The summed E-state index contributed by atoms with van der Waals surface area (Å²) in [7, 11) is 0. The first kappa shape index (κ1) is 14.1. The molecule has 0 bridgehead atoms. The maximum atomic E-state index is 13.1. The van der Waals surface area contributed by atoms with Gasteiger partial charge in [0.05, 0.1) is 0 Å². The first-order valence-electron chi connectivity index (χ1n) is 6.28. The monoisotopic (exact) mass is 275 g/mol. The van der Waals surface area contributed by atoms with E-state index in [1.54, 1.807) is 17.8 Å². The average molecular weight is 275 g/mol. The van der Waals surface area contributed by atoms with Gasteiger partial charge in [-0.2, -0.15) is 0 Å². The molecule has 0 aliphatic rings. The lowest BCUT2D eigenvalue weighted by Crippen LogP contribution is -2.14. The predicted octanol–water partition coefficient (Wildman–Crippen LogP) is 4.23. The molecular weight excluding hydrogens is 257 g/mol. The van der Waals surface area contributed by atoms with Crippen molar-refractivity contribution in [1.29, 1.82) is 0 Å². The van der Waals surface area contributed by atoms with Crippen molar-refractivity contribution in [1.82, 2.24) is 0 Å². The van der Waals surface area contributed by atoms with Crippen LogP contribution in [0.25, 0.3) is 0 Å². The normalized spacial score (nSPS) is 12.4. The second-order valence-electron chi connectivity index (χ2n) is 4.68. The van der Waals surface area contributed by atoms with Crippen molar-refractivity contribution in [3.05, 3.63) is 65.0 Å². The summed E-state index contributed by atoms with van der Waals surface area (Å²) in [5.74, 6) is 0.581. The van der Waals surface area contributed by atoms with Crippen LogP contribution in [0.1, 0.15) is 22.7 Å². The topological polar surface area (TPSA) is 26.0 Å². The van der Waals surface area contributed by atoms with Crippen molar-refractivity contribution >= 4 is 11.8 Å². The molecule has 0 saturated heterocycles. The second-order valence-corrected chi connectivity index (χ2v) is 5.75. The average Bonchev–Trinajstić information content (AvgIpc) is 2.37. The summed E-state index contributed by atoms with van der Waals surface area (Å²) in [6, 6.07) is 13.0. The van der Waals surface area contributed by atoms with Gasteiger partial charge in [-0.3, -0.25) is 0 Å². The number of hydrogen-bond acceptors (Lipinski definition) is 2. The molecule has 0 aliphatic carbocycles. The Morgan fingerprint density at radius 2 is 1.84 bits per heavy atom.